The molecule has 1 amide bonds. The fourth-order valence-electron chi connectivity index (χ4n) is 3.15. The van der Waals surface area contributed by atoms with Crippen LogP contribution in [0.2, 0.25) is 0 Å². The molecule has 25 heavy (non-hydrogen) atoms. The standard InChI is InChI=1S/C19H23N3O3/c1-24-16-9-7-14(13-17(16)25-2)8-10-19(23)21-18-11-12-20-22(18)15-5-3-4-6-15/h7-13,15H,3-6H2,1-2H3,(H,21,23)/b10-8+. The summed E-state index contributed by atoms with van der Waals surface area (Å²) in [5, 5.41) is 7.27. The highest BCUT2D eigenvalue weighted by Crippen LogP contribution is 2.31. The number of methoxy groups -OCH3 is 2. The van der Waals surface area contributed by atoms with Gasteiger partial charge in [-0.2, -0.15) is 5.10 Å². The van der Waals surface area contributed by atoms with E-state index < -0.39 is 0 Å². The number of anilines is 1. The number of aromatic nitrogens is 2. The quantitative estimate of drug-likeness (QED) is 0.814. The molecular formula is C19H23N3O3. The third-order valence-corrected chi connectivity index (χ3v) is 4.43. The number of rotatable bonds is 6. The first-order chi connectivity index (χ1) is 12.2. The molecule has 0 unspecified atom stereocenters. The maximum Gasteiger partial charge on any atom is 0.249 e. The summed E-state index contributed by atoms with van der Waals surface area (Å²) in [6, 6.07) is 7.73. The van der Waals surface area contributed by atoms with Crippen LogP contribution in [0.4, 0.5) is 5.82 Å². The van der Waals surface area contributed by atoms with Gasteiger partial charge in [-0.25, -0.2) is 4.68 Å². The molecule has 0 aliphatic heterocycles. The Morgan fingerprint density at radius 1 is 1.20 bits per heavy atom. The van der Waals surface area contributed by atoms with Gasteiger partial charge in [-0.1, -0.05) is 18.9 Å². The third kappa shape index (κ3) is 4.02. The molecule has 1 fully saturated rings. The normalized spacial score (nSPS) is 14.8. The smallest absolute Gasteiger partial charge is 0.249 e. The predicted molar refractivity (Wildman–Crippen MR) is 96.9 cm³/mol. The van der Waals surface area contributed by atoms with E-state index in [1.807, 2.05) is 28.9 Å². The lowest BCUT2D eigenvalue weighted by Gasteiger charge is -2.13. The lowest BCUT2D eigenvalue weighted by molar-refractivity contribution is -0.111. The van der Waals surface area contributed by atoms with Crippen LogP contribution in [0.5, 0.6) is 11.5 Å². The molecule has 2 aromatic rings. The second kappa shape index (κ2) is 7.88. The molecule has 132 valence electrons. The first-order valence-electron chi connectivity index (χ1n) is 8.46. The van der Waals surface area contributed by atoms with Crippen molar-refractivity contribution in [1.82, 2.24) is 9.78 Å². The first kappa shape index (κ1) is 17.1. The molecule has 0 radical (unpaired) electrons. The Bertz CT molecular complexity index is 761. The van der Waals surface area contributed by atoms with Crippen molar-refractivity contribution >= 4 is 17.8 Å². The Kier molecular flexibility index (Phi) is 5.38. The van der Waals surface area contributed by atoms with Crippen LogP contribution in [0.3, 0.4) is 0 Å². The molecule has 6 heteroatoms. The average Bonchev–Trinajstić information content (AvgIpc) is 3.31. The van der Waals surface area contributed by atoms with Gasteiger partial charge < -0.3 is 14.8 Å². The molecule has 0 bridgehead atoms. The van der Waals surface area contributed by atoms with E-state index in [1.54, 1.807) is 26.5 Å². The molecule has 0 atom stereocenters. The van der Waals surface area contributed by atoms with Gasteiger partial charge in [0.2, 0.25) is 5.91 Å². The number of amides is 1. The van der Waals surface area contributed by atoms with Crippen molar-refractivity contribution in [3.63, 3.8) is 0 Å². The molecule has 1 N–H and O–H groups in total. The van der Waals surface area contributed by atoms with E-state index in [1.165, 1.54) is 18.9 Å². The average molecular weight is 341 g/mol. The maximum absolute atomic E-state index is 12.2. The third-order valence-electron chi connectivity index (χ3n) is 4.43. The second-order valence-corrected chi connectivity index (χ2v) is 6.04. The molecule has 6 nitrogen and oxygen atoms in total. The second-order valence-electron chi connectivity index (χ2n) is 6.04. The van der Waals surface area contributed by atoms with E-state index in [0.717, 1.165) is 24.2 Å². The summed E-state index contributed by atoms with van der Waals surface area (Å²) in [4.78, 5) is 12.2. The van der Waals surface area contributed by atoms with Crippen LogP contribution in [-0.2, 0) is 4.79 Å². The van der Waals surface area contributed by atoms with Crippen molar-refractivity contribution in [3.8, 4) is 11.5 Å². The van der Waals surface area contributed by atoms with Crippen molar-refractivity contribution in [2.45, 2.75) is 31.7 Å². The van der Waals surface area contributed by atoms with Crippen molar-refractivity contribution in [2.75, 3.05) is 19.5 Å². The molecule has 1 aromatic heterocycles. The molecule has 0 saturated heterocycles. The molecular weight excluding hydrogens is 318 g/mol. The summed E-state index contributed by atoms with van der Waals surface area (Å²) in [7, 11) is 3.18. The van der Waals surface area contributed by atoms with Gasteiger partial charge in [-0.05, 0) is 36.6 Å². The zero-order valence-corrected chi connectivity index (χ0v) is 14.6. The van der Waals surface area contributed by atoms with Crippen LogP contribution in [0, 0.1) is 0 Å². The Morgan fingerprint density at radius 2 is 1.96 bits per heavy atom. The predicted octanol–water partition coefficient (Wildman–Crippen LogP) is 3.67. The van der Waals surface area contributed by atoms with Gasteiger partial charge in [0.05, 0.1) is 26.5 Å². The Labute approximate surface area is 147 Å². The number of nitrogens with zero attached hydrogens (tertiary/aromatic N) is 2. The lowest BCUT2D eigenvalue weighted by atomic mass is 10.2. The van der Waals surface area contributed by atoms with E-state index in [2.05, 4.69) is 10.4 Å². The highest BCUT2D eigenvalue weighted by atomic mass is 16.5. The SMILES string of the molecule is COc1ccc(/C=C/C(=O)Nc2ccnn2C2CCCC2)cc1OC. The van der Waals surface area contributed by atoms with Crippen molar-refractivity contribution in [2.24, 2.45) is 0 Å². The maximum atomic E-state index is 12.2. The van der Waals surface area contributed by atoms with Crippen LogP contribution in [-0.4, -0.2) is 29.9 Å². The topological polar surface area (TPSA) is 65.4 Å². The fraction of sp³-hybridized carbons (Fsp3) is 0.368. The zero-order chi connectivity index (χ0) is 17.6. The Hall–Kier alpha value is -2.76. The van der Waals surface area contributed by atoms with Crippen LogP contribution in [0.25, 0.3) is 6.08 Å². The fourth-order valence-corrected chi connectivity index (χ4v) is 3.15. The molecule has 1 aromatic carbocycles. The van der Waals surface area contributed by atoms with E-state index in [9.17, 15) is 4.79 Å². The van der Waals surface area contributed by atoms with Gasteiger partial charge in [0, 0.05) is 12.1 Å². The van der Waals surface area contributed by atoms with Crippen molar-refractivity contribution < 1.29 is 14.3 Å². The van der Waals surface area contributed by atoms with Gasteiger partial charge >= 0.3 is 0 Å². The number of carbonyl (C=O) groups is 1. The number of hydrogen-bond donors (Lipinski definition) is 1. The summed E-state index contributed by atoms with van der Waals surface area (Å²) >= 11 is 0. The van der Waals surface area contributed by atoms with E-state index >= 15 is 0 Å². The number of benzene rings is 1. The highest BCUT2D eigenvalue weighted by Gasteiger charge is 2.20. The van der Waals surface area contributed by atoms with Crippen LogP contribution in [0.1, 0.15) is 37.3 Å². The highest BCUT2D eigenvalue weighted by molar-refractivity contribution is 6.01. The van der Waals surface area contributed by atoms with Gasteiger partial charge in [-0.3, -0.25) is 4.79 Å². The van der Waals surface area contributed by atoms with E-state index in [4.69, 9.17) is 9.47 Å². The summed E-state index contributed by atoms with van der Waals surface area (Å²) in [5.74, 6) is 1.84. The minimum absolute atomic E-state index is 0.186. The largest absolute Gasteiger partial charge is 0.493 e. The first-order valence-corrected chi connectivity index (χ1v) is 8.46. The van der Waals surface area contributed by atoms with Gasteiger partial charge in [-0.15, -0.1) is 0 Å². The summed E-state index contributed by atoms with van der Waals surface area (Å²) < 4.78 is 12.4. The van der Waals surface area contributed by atoms with Crippen LogP contribution in [0.15, 0.2) is 36.5 Å². The van der Waals surface area contributed by atoms with Crippen molar-refractivity contribution in [3.05, 3.63) is 42.1 Å². The number of nitrogens with one attached hydrogen (secondary N) is 1. The monoisotopic (exact) mass is 341 g/mol. The molecule has 1 saturated carbocycles. The molecule has 1 aliphatic rings. The molecule has 1 aliphatic carbocycles. The molecule has 0 spiro atoms. The molecule has 1 heterocycles. The zero-order valence-electron chi connectivity index (χ0n) is 14.6. The van der Waals surface area contributed by atoms with E-state index in [0.29, 0.717) is 17.5 Å². The minimum atomic E-state index is -0.186. The minimum Gasteiger partial charge on any atom is -0.493 e. The van der Waals surface area contributed by atoms with Gasteiger partial charge in [0.25, 0.3) is 0 Å². The Balaban J connectivity index is 1.67. The number of ether oxygens (including phenoxy) is 2. The lowest BCUT2D eigenvalue weighted by Crippen LogP contribution is -2.15. The number of carbonyl (C=O) groups excluding carboxylic acids is 1. The van der Waals surface area contributed by atoms with Gasteiger partial charge in [0.1, 0.15) is 5.82 Å². The molecule has 3 rings (SSSR count). The van der Waals surface area contributed by atoms with Crippen molar-refractivity contribution in [1.29, 1.82) is 0 Å². The summed E-state index contributed by atoms with van der Waals surface area (Å²) in [6.45, 7) is 0. The van der Waals surface area contributed by atoms with Crippen LogP contribution >= 0.6 is 0 Å². The van der Waals surface area contributed by atoms with Gasteiger partial charge in [0.15, 0.2) is 11.5 Å². The summed E-state index contributed by atoms with van der Waals surface area (Å²) in [6.07, 6.45) is 9.65. The Morgan fingerprint density at radius 3 is 2.68 bits per heavy atom. The summed E-state index contributed by atoms with van der Waals surface area (Å²) in [5.41, 5.74) is 0.858. The number of hydrogen-bond acceptors (Lipinski definition) is 4. The van der Waals surface area contributed by atoms with E-state index in [-0.39, 0.29) is 5.91 Å². The van der Waals surface area contributed by atoms with Crippen LogP contribution < -0.4 is 14.8 Å².